The molecular weight excluding hydrogens is 297 g/mol. The van der Waals surface area contributed by atoms with Crippen molar-refractivity contribution in [2.75, 3.05) is 10.6 Å². The number of urea groups is 1. The van der Waals surface area contributed by atoms with Gasteiger partial charge >= 0.3 is 6.03 Å². The van der Waals surface area contributed by atoms with E-state index in [9.17, 15) is 14.0 Å². The molecule has 2 aromatic carbocycles. The first-order chi connectivity index (χ1) is 11.0. The highest BCUT2D eigenvalue weighted by Crippen LogP contribution is 2.18. The van der Waals surface area contributed by atoms with Crippen molar-refractivity contribution in [3.63, 3.8) is 0 Å². The fourth-order valence-corrected chi connectivity index (χ4v) is 1.98. The zero-order valence-corrected chi connectivity index (χ0v) is 12.9. The first kappa shape index (κ1) is 16.5. The van der Waals surface area contributed by atoms with Crippen molar-refractivity contribution in [2.24, 2.45) is 0 Å². The minimum atomic E-state index is -0.439. The molecule has 120 valence electrons. The van der Waals surface area contributed by atoms with Gasteiger partial charge in [0.05, 0.1) is 11.3 Å². The summed E-state index contributed by atoms with van der Waals surface area (Å²) in [4.78, 5) is 24.1. The van der Waals surface area contributed by atoms with E-state index in [4.69, 9.17) is 0 Å². The van der Waals surface area contributed by atoms with Crippen LogP contribution in [0.15, 0.2) is 48.5 Å². The van der Waals surface area contributed by atoms with Crippen molar-refractivity contribution in [3.05, 3.63) is 59.9 Å². The van der Waals surface area contributed by atoms with Crippen molar-refractivity contribution in [1.82, 2.24) is 5.32 Å². The number of nitrogens with one attached hydrogen (secondary N) is 3. The summed E-state index contributed by atoms with van der Waals surface area (Å²) >= 11 is 0. The van der Waals surface area contributed by atoms with E-state index >= 15 is 0 Å². The van der Waals surface area contributed by atoms with Gasteiger partial charge in [-0.1, -0.05) is 18.2 Å². The number of carbonyl (C=O) groups is 2. The molecule has 0 spiro atoms. The highest BCUT2D eigenvalue weighted by molar-refractivity contribution is 6.09. The second-order valence-electron chi connectivity index (χ2n) is 5.26. The summed E-state index contributed by atoms with van der Waals surface area (Å²) in [5.41, 5.74) is 1.01. The number of benzene rings is 2. The van der Waals surface area contributed by atoms with E-state index in [1.54, 1.807) is 30.3 Å². The van der Waals surface area contributed by atoms with Gasteiger partial charge in [0.25, 0.3) is 5.91 Å². The Morgan fingerprint density at radius 1 is 1.00 bits per heavy atom. The number of amides is 3. The maximum Gasteiger partial charge on any atom is 0.319 e. The predicted molar refractivity (Wildman–Crippen MR) is 88.1 cm³/mol. The molecule has 0 aromatic heterocycles. The molecule has 0 saturated carbocycles. The predicted octanol–water partition coefficient (Wildman–Crippen LogP) is 3.61. The van der Waals surface area contributed by atoms with E-state index in [1.807, 2.05) is 13.8 Å². The number of anilines is 2. The number of halogens is 1. The van der Waals surface area contributed by atoms with Crippen molar-refractivity contribution in [2.45, 2.75) is 19.9 Å². The molecule has 0 fully saturated rings. The van der Waals surface area contributed by atoms with E-state index in [0.717, 1.165) is 0 Å². The summed E-state index contributed by atoms with van der Waals surface area (Å²) in [5, 5.41) is 7.92. The van der Waals surface area contributed by atoms with Crippen LogP contribution in [0.3, 0.4) is 0 Å². The normalized spacial score (nSPS) is 10.3. The molecule has 2 rings (SSSR count). The van der Waals surface area contributed by atoms with E-state index in [1.165, 1.54) is 18.2 Å². The summed E-state index contributed by atoms with van der Waals surface area (Å²) < 4.78 is 13.2. The lowest BCUT2D eigenvalue weighted by atomic mass is 10.1. The molecule has 0 heterocycles. The fraction of sp³-hybridized carbons (Fsp3) is 0.176. The molecule has 6 heteroatoms. The summed E-state index contributed by atoms with van der Waals surface area (Å²) in [6.45, 7) is 3.67. The zero-order chi connectivity index (χ0) is 16.8. The summed E-state index contributed by atoms with van der Waals surface area (Å²) in [5.74, 6) is -0.874. The standard InChI is InChI=1S/C17H18FN3O2/c1-11(2)19-17(23)21-15-9-4-3-8-14(15)16(22)20-13-7-5-6-12(18)10-13/h3-11H,1-2H3,(H,20,22)(H2,19,21,23). The van der Waals surface area contributed by atoms with Crippen LogP contribution in [0.4, 0.5) is 20.6 Å². The van der Waals surface area contributed by atoms with E-state index < -0.39 is 17.8 Å². The highest BCUT2D eigenvalue weighted by Gasteiger charge is 2.13. The third-order valence-corrected chi connectivity index (χ3v) is 2.92. The quantitative estimate of drug-likeness (QED) is 0.806. The molecule has 0 saturated heterocycles. The Labute approximate surface area is 133 Å². The van der Waals surface area contributed by atoms with Crippen molar-refractivity contribution in [3.8, 4) is 0 Å². The molecule has 3 amide bonds. The highest BCUT2D eigenvalue weighted by atomic mass is 19.1. The third-order valence-electron chi connectivity index (χ3n) is 2.92. The van der Waals surface area contributed by atoms with E-state index in [2.05, 4.69) is 16.0 Å². The van der Waals surface area contributed by atoms with Gasteiger partial charge in [-0.15, -0.1) is 0 Å². The lowest BCUT2D eigenvalue weighted by molar-refractivity contribution is 0.102. The van der Waals surface area contributed by atoms with Crippen LogP contribution < -0.4 is 16.0 Å². The average molecular weight is 315 g/mol. The molecule has 5 nitrogen and oxygen atoms in total. The SMILES string of the molecule is CC(C)NC(=O)Nc1ccccc1C(=O)Nc1cccc(F)c1. The van der Waals surface area contributed by atoms with Gasteiger partial charge in [-0.2, -0.15) is 0 Å². The molecule has 2 aromatic rings. The maximum atomic E-state index is 13.2. The van der Waals surface area contributed by atoms with Crippen LogP contribution in [0.25, 0.3) is 0 Å². The second kappa shape index (κ2) is 7.40. The van der Waals surface area contributed by atoms with E-state index in [0.29, 0.717) is 11.4 Å². The van der Waals surface area contributed by atoms with Crippen LogP contribution in [0, 0.1) is 5.82 Å². The van der Waals surface area contributed by atoms with Gasteiger partial charge in [0.15, 0.2) is 0 Å². The molecule has 0 aliphatic carbocycles. The molecule has 23 heavy (non-hydrogen) atoms. The Morgan fingerprint density at radius 3 is 2.43 bits per heavy atom. The van der Waals surface area contributed by atoms with Gasteiger partial charge in [-0.3, -0.25) is 4.79 Å². The summed E-state index contributed by atoms with van der Waals surface area (Å²) in [7, 11) is 0. The molecule has 0 unspecified atom stereocenters. The number of carbonyl (C=O) groups excluding carboxylic acids is 2. The van der Waals surface area contributed by atoms with Crippen LogP contribution in [0.2, 0.25) is 0 Å². The smallest absolute Gasteiger partial charge is 0.319 e. The Bertz CT molecular complexity index is 716. The van der Waals surface area contributed by atoms with Gasteiger partial charge in [-0.25, -0.2) is 9.18 Å². The number of para-hydroxylation sites is 1. The van der Waals surface area contributed by atoms with Gasteiger partial charge < -0.3 is 16.0 Å². The average Bonchev–Trinajstić information content (AvgIpc) is 2.46. The lowest BCUT2D eigenvalue weighted by Gasteiger charge is -2.13. The first-order valence-corrected chi connectivity index (χ1v) is 7.19. The van der Waals surface area contributed by atoms with Crippen LogP contribution >= 0.6 is 0 Å². The molecule has 0 radical (unpaired) electrons. The molecule has 0 bridgehead atoms. The zero-order valence-electron chi connectivity index (χ0n) is 12.9. The Balaban J connectivity index is 2.15. The molecular formula is C17H18FN3O2. The molecule has 3 N–H and O–H groups in total. The third kappa shape index (κ3) is 4.81. The van der Waals surface area contributed by atoms with Crippen molar-refractivity contribution in [1.29, 1.82) is 0 Å². The van der Waals surface area contributed by atoms with Gasteiger partial charge in [-0.05, 0) is 44.2 Å². The van der Waals surface area contributed by atoms with Crippen molar-refractivity contribution < 1.29 is 14.0 Å². The number of rotatable bonds is 4. The molecule has 0 atom stereocenters. The first-order valence-electron chi connectivity index (χ1n) is 7.19. The molecule has 0 aliphatic rings. The van der Waals surface area contributed by atoms with Gasteiger partial charge in [0.1, 0.15) is 5.82 Å². The van der Waals surface area contributed by atoms with Crippen LogP contribution in [-0.2, 0) is 0 Å². The van der Waals surface area contributed by atoms with E-state index in [-0.39, 0.29) is 11.6 Å². The number of hydrogen-bond donors (Lipinski definition) is 3. The van der Waals surface area contributed by atoms with Crippen LogP contribution in [0.1, 0.15) is 24.2 Å². The Morgan fingerprint density at radius 2 is 1.74 bits per heavy atom. The topological polar surface area (TPSA) is 70.2 Å². The van der Waals surface area contributed by atoms with Crippen molar-refractivity contribution >= 4 is 23.3 Å². The number of hydrogen-bond acceptors (Lipinski definition) is 2. The monoisotopic (exact) mass is 315 g/mol. The van der Waals surface area contributed by atoms with Gasteiger partial charge in [0, 0.05) is 11.7 Å². The second-order valence-corrected chi connectivity index (χ2v) is 5.26. The molecule has 0 aliphatic heterocycles. The maximum absolute atomic E-state index is 13.2. The largest absolute Gasteiger partial charge is 0.336 e. The fourth-order valence-electron chi connectivity index (χ4n) is 1.98. The van der Waals surface area contributed by atoms with Crippen LogP contribution in [-0.4, -0.2) is 18.0 Å². The summed E-state index contributed by atoms with van der Waals surface area (Å²) in [6, 6.07) is 11.8. The lowest BCUT2D eigenvalue weighted by Crippen LogP contribution is -2.34. The van der Waals surface area contributed by atoms with Crippen LogP contribution in [0.5, 0.6) is 0 Å². The van der Waals surface area contributed by atoms with Gasteiger partial charge in [0.2, 0.25) is 0 Å². The Hall–Kier alpha value is -2.89. The minimum absolute atomic E-state index is 0.0247. The minimum Gasteiger partial charge on any atom is -0.336 e. The summed E-state index contributed by atoms with van der Waals surface area (Å²) in [6.07, 6.45) is 0. The Kier molecular flexibility index (Phi) is 5.30.